The van der Waals surface area contributed by atoms with Gasteiger partial charge in [0.15, 0.2) is 0 Å². The molecule has 8 nitrogen and oxygen atoms in total. The highest BCUT2D eigenvalue weighted by molar-refractivity contribution is 6.30. The molecule has 1 saturated heterocycles. The number of carbonyl (C=O) groups excluding carboxylic acids is 2. The molecule has 3 rings (SSSR count). The largest absolute Gasteiger partial charge is 0.465 e. The number of nitrogens with zero attached hydrogens (tertiary/aromatic N) is 4. The quantitative estimate of drug-likeness (QED) is 0.607. The Morgan fingerprint density at radius 3 is 2.35 bits per heavy atom. The predicted molar refractivity (Wildman–Crippen MR) is 117 cm³/mol. The van der Waals surface area contributed by atoms with Gasteiger partial charge < -0.3 is 9.64 Å². The van der Waals surface area contributed by atoms with E-state index in [-0.39, 0.29) is 23.1 Å². The van der Waals surface area contributed by atoms with Gasteiger partial charge in [-0.25, -0.2) is 9.48 Å². The number of benzene rings is 1. The summed E-state index contributed by atoms with van der Waals surface area (Å²) in [5.41, 5.74) is 0.834. The van der Waals surface area contributed by atoms with Crippen LogP contribution >= 0.6 is 11.6 Å². The zero-order valence-electron chi connectivity index (χ0n) is 17.8. The Bertz CT molecular complexity index is 968. The third kappa shape index (κ3) is 5.51. The second-order valence-corrected chi connectivity index (χ2v) is 7.75. The first-order chi connectivity index (χ1) is 14.9. The van der Waals surface area contributed by atoms with E-state index in [1.54, 1.807) is 24.0 Å². The first-order valence-corrected chi connectivity index (χ1v) is 10.9. The molecule has 1 atom stereocenters. The van der Waals surface area contributed by atoms with Gasteiger partial charge in [0, 0.05) is 43.8 Å². The van der Waals surface area contributed by atoms with E-state index < -0.39 is 6.04 Å². The lowest BCUT2D eigenvalue weighted by molar-refractivity contribution is -0.150. The van der Waals surface area contributed by atoms with Crippen molar-refractivity contribution in [3.63, 3.8) is 0 Å². The number of amides is 1. The van der Waals surface area contributed by atoms with Gasteiger partial charge in [0.05, 0.1) is 6.61 Å². The Balaban J connectivity index is 1.72. The van der Waals surface area contributed by atoms with Crippen molar-refractivity contribution in [3.8, 4) is 0 Å². The van der Waals surface area contributed by atoms with Gasteiger partial charge in [-0.05, 0) is 37.1 Å². The molecule has 1 aliphatic heterocycles. The average molecular weight is 447 g/mol. The summed E-state index contributed by atoms with van der Waals surface area (Å²) in [4.78, 5) is 41.2. The molecule has 0 spiro atoms. The van der Waals surface area contributed by atoms with Crippen molar-refractivity contribution in [1.29, 1.82) is 0 Å². The first-order valence-electron chi connectivity index (χ1n) is 10.5. The molecule has 9 heteroatoms. The molecule has 166 valence electrons. The molecule has 2 aromatic rings. The topological polar surface area (TPSA) is 84.7 Å². The van der Waals surface area contributed by atoms with Crippen LogP contribution in [0.3, 0.4) is 0 Å². The predicted octanol–water partition coefficient (Wildman–Crippen LogP) is 2.37. The monoisotopic (exact) mass is 446 g/mol. The maximum Gasteiger partial charge on any atom is 0.328 e. The molecule has 0 N–H and O–H groups in total. The molecule has 1 aromatic heterocycles. The molecule has 1 aliphatic rings. The minimum atomic E-state index is -0.556. The zero-order chi connectivity index (χ0) is 22.4. The number of piperazine rings is 1. The van der Waals surface area contributed by atoms with Crippen LogP contribution in [0.1, 0.15) is 42.4 Å². The molecule has 1 fully saturated rings. The van der Waals surface area contributed by atoms with Crippen LogP contribution in [0.5, 0.6) is 0 Å². The van der Waals surface area contributed by atoms with E-state index in [4.69, 9.17) is 16.3 Å². The molecule has 1 amide bonds. The Hall–Kier alpha value is -2.71. The molecule has 2 heterocycles. The van der Waals surface area contributed by atoms with E-state index in [0.717, 1.165) is 12.0 Å². The number of aryl methyl sites for hydroxylation is 1. The maximum atomic E-state index is 12.9. The molecule has 0 aliphatic carbocycles. The highest BCUT2D eigenvalue weighted by atomic mass is 35.5. The number of hydrogen-bond acceptors (Lipinski definition) is 6. The summed E-state index contributed by atoms with van der Waals surface area (Å²) in [5, 5.41) is 4.81. The number of ether oxygens (including phenoxy) is 1. The van der Waals surface area contributed by atoms with Crippen LogP contribution in [0.25, 0.3) is 0 Å². The molecular weight excluding hydrogens is 420 g/mol. The Morgan fingerprint density at radius 2 is 1.74 bits per heavy atom. The fourth-order valence-corrected chi connectivity index (χ4v) is 3.77. The molecule has 0 bridgehead atoms. The van der Waals surface area contributed by atoms with E-state index in [2.05, 4.69) is 5.10 Å². The Kier molecular flexibility index (Phi) is 7.81. The highest BCUT2D eigenvalue weighted by Crippen LogP contribution is 2.25. The fourth-order valence-electron chi connectivity index (χ4n) is 3.64. The summed E-state index contributed by atoms with van der Waals surface area (Å²) >= 11 is 5.99. The van der Waals surface area contributed by atoms with Gasteiger partial charge in [-0.3, -0.25) is 14.5 Å². The van der Waals surface area contributed by atoms with E-state index in [1.165, 1.54) is 16.8 Å². The van der Waals surface area contributed by atoms with Crippen molar-refractivity contribution in [2.45, 2.75) is 32.9 Å². The van der Waals surface area contributed by atoms with Crippen LogP contribution < -0.4 is 5.56 Å². The standard InChI is InChI=1S/C22H27ClN4O4/c1-3-11-27-19(28)10-9-18(24-27)21(29)26-14-12-25(13-15-26)20(22(30)31-4-2)16-5-7-17(23)8-6-16/h5-10,20H,3-4,11-15H2,1-2H3. The minimum Gasteiger partial charge on any atom is -0.465 e. The van der Waals surface area contributed by atoms with Gasteiger partial charge in [-0.15, -0.1) is 0 Å². The second kappa shape index (κ2) is 10.5. The van der Waals surface area contributed by atoms with Crippen LogP contribution in [0.15, 0.2) is 41.2 Å². The molecule has 0 saturated carbocycles. The van der Waals surface area contributed by atoms with Gasteiger partial charge in [0.25, 0.3) is 11.5 Å². The maximum absolute atomic E-state index is 12.9. The second-order valence-electron chi connectivity index (χ2n) is 7.31. The fraction of sp³-hybridized carbons (Fsp3) is 0.455. The van der Waals surface area contributed by atoms with Crippen LogP contribution in [0, 0.1) is 0 Å². The van der Waals surface area contributed by atoms with Crippen molar-refractivity contribution in [2.75, 3.05) is 32.8 Å². The van der Waals surface area contributed by atoms with Crippen molar-refractivity contribution < 1.29 is 14.3 Å². The third-order valence-corrected chi connectivity index (χ3v) is 5.44. The normalized spacial score (nSPS) is 15.5. The lowest BCUT2D eigenvalue weighted by Crippen LogP contribution is -2.51. The zero-order valence-corrected chi connectivity index (χ0v) is 18.5. The third-order valence-electron chi connectivity index (χ3n) is 5.18. The van der Waals surface area contributed by atoms with Gasteiger partial charge in [-0.2, -0.15) is 5.10 Å². The summed E-state index contributed by atoms with van der Waals surface area (Å²) < 4.78 is 6.62. The molecular formula is C22H27ClN4O4. The number of esters is 1. The van der Waals surface area contributed by atoms with Crippen LogP contribution in [0.4, 0.5) is 0 Å². The van der Waals surface area contributed by atoms with E-state index in [0.29, 0.717) is 44.4 Å². The van der Waals surface area contributed by atoms with Gasteiger partial charge >= 0.3 is 5.97 Å². The number of halogens is 1. The molecule has 0 radical (unpaired) electrons. The van der Waals surface area contributed by atoms with E-state index >= 15 is 0 Å². The Labute approximate surface area is 186 Å². The summed E-state index contributed by atoms with van der Waals surface area (Å²) in [6.45, 7) is 6.38. The van der Waals surface area contributed by atoms with Gasteiger partial charge in [0.1, 0.15) is 11.7 Å². The van der Waals surface area contributed by atoms with Crippen LogP contribution in [0.2, 0.25) is 5.02 Å². The first kappa shape index (κ1) is 23.0. The smallest absolute Gasteiger partial charge is 0.328 e. The number of hydrogen-bond donors (Lipinski definition) is 0. The summed E-state index contributed by atoms with van der Waals surface area (Å²) in [6.07, 6.45) is 0.753. The molecule has 1 aromatic carbocycles. The van der Waals surface area contributed by atoms with E-state index in [9.17, 15) is 14.4 Å². The van der Waals surface area contributed by atoms with Gasteiger partial charge in [0.2, 0.25) is 0 Å². The van der Waals surface area contributed by atoms with Crippen molar-refractivity contribution in [3.05, 3.63) is 63.0 Å². The summed E-state index contributed by atoms with van der Waals surface area (Å²) in [7, 11) is 0. The lowest BCUT2D eigenvalue weighted by atomic mass is 10.0. The summed E-state index contributed by atoms with van der Waals surface area (Å²) in [5.74, 6) is -0.540. The van der Waals surface area contributed by atoms with Crippen LogP contribution in [-0.4, -0.2) is 64.2 Å². The number of aromatic nitrogens is 2. The van der Waals surface area contributed by atoms with Gasteiger partial charge in [-0.1, -0.05) is 30.7 Å². The van der Waals surface area contributed by atoms with E-state index in [1.807, 2.05) is 24.0 Å². The highest BCUT2D eigenvalue weighted by Gasteiger charge is 2.33. The Morgan fingerprint density at radius 1 is 1.06 bits per heavy atom. The SMILES string of the molecule is CCCn1nc(C(=O)N2CCN(C(C(=O)OCC)c3ccc(Cl)cc3)CC2)ccc1=O. The summed E-state index contributed by atoms with van der Waals surface area (Å²) in [6, 6.07) is 9.44. The van der Waals surface area contributed by atoms with Crippen LogP contribution in [-0.2, 0) is 16.1 Å². The van der Waals surface area contributed by atoms with Crippen molar-refractivity contribution >= 4 is 23.5 Å². The van der Waals surface area contributed by atoms with Crippen molar-refractivity contribution in [2.24, 2.45) is 0 Å². The molecule has 31 heavy (non-hydrogen) atoms. The lowest BCUT2D eigenvalue weighted by Gasteiger charge is -2.38. The number of rotatable bonds is 7. The molecule has 1 unspecified atom stereocenters. The van der Waals surface area contributed by atoms with Crippen molar-refractivity contribution in [1.82, 2.24) is 19.6 Å². The average Bonchev–Trinajstić information content (AvgIpc) is 2.77. The number of carbonyl (C=O) groups is 2. The minimum absolute atomic E-state index is 0.219.